The van der Waals surface area contributed by atoms with Crippen molar-refractivity contribution < 1.29 is 0 Å². The summed E-state index contributed by atoms with van der Waals surface area (Å²) in [6, 6.07) is 8.34. The van der Waals surface area contributed by atoms with Gasteiger partial charge in [-0.25, -0.2) is 0 Å². The minimum Gasteiger partial charge on any atom is -0.385 e. The fourth-order valence-electron chi connectivity index (χ4n) is 1.55. The summed E-state index contributed by atoms with van der Waals surface area (Å²) in [7, 11) is 0. The van der Waals surface area contributed by atoms with Crippen molar-refractivity contribution in [3.05, 3.63) is 35.7 Å². The van der Waals surface area contributed by atoms with Gasteiger partial charge in [-0.2, -0.15) is 5.21 Å². The lowest BCUT2D eigenvalue weighted by Crippen LogP contribution is -2.18. The van der Waals surface area contributed by atoms with Crippen LogP contribution < -0.4 is 5.32 Å². The summed E-state index contributed by atoms with van der Waals surface area (Å²) < 4.78 is 0. The molecule has 1 heterocycles. The highest BCUT2D eigenvalue weighted by atomic mass is 15.5. The Bertz CT molecular complexity index is 467. The van der Waals surface area contributed by atoms with E-state index in [1.807, 2.05) is 0 Å². The Morgan fingerprint density at radius 1 is 1.17 bits per heavy atom. The van der Waals surface area contributed by atoms with Crippen LogP contribution in [0.4, 0.5) is 5.69 Å². The lowest BCUT2D eigenvalue weighted by molar-refractivity contribution is 0.443. The largest absolute Gasteiger partial charge is 0.385 e. The van der Waals surface area contributed by atoms with E-state index in [0.717, 1.165) is 12.2 Å². The van der Waals surface area contributed by atoms with Crippen LogP contribution in [0.5, 0.6) is 0 Å². The van der Waals surface area contributed by atoms with Gasteiger partial charge in [-0.1, -0.05) is 38.1 Å². The lowest BCUT2D eigenvalue weighted by atomic mass is 9.97. The Morgan fingerprint density at radius 3 is 2.44 bits per heavy atom. The molecule has 0 atom stereocenters. The maximum Gasteiger partial charge on any atom is 0.178 e. The first-order valence-electron chi connectivity index (χ1n) is 6.08. The Morgan fingerprint density at radius 2 is 1.89 bits per heavy atom. The van der Waals surface area contributed by atoms with Crippen LogP contribution in [-0.4, -0.2) is 27.2 Å². The van der Waals surface area contributed by atoms with Crippen molar-refractivity contribution in [3.8, 4) is 0 Å². The average molecular weight is 245 g/mol. The van der Waals surface area contributed by atoms with E-state index in [9.17, 15) is 0 Å². The number of nitrogens with one attached hydrogen (secondary N) is 2. The Labute approximate surface area is 107 Å². The first-order chi connectivity index (χ1) is 8.53. The van der Waals surface area contributed by atoms with Gasteiger partial charge in [0.25, 0.3) is 0 Å². The molecule has 0 spiro atoms. The van der Waals surface area contributed by atoms with Gasteiger partial charge in [-0.05, 0) is 23.1 Å². The summed E-state index contributed by atoms with van der Waals surface area (Å²) in [4.78, 5) is 0. The van der Waals surface area contributed by atoms with Gasteiger partial charge in [0.05, 0.1) is 0 Å². The molecule has 96 valence electrons. The highest BCUT2D eigenvalue weighted by Gasteiger charge is 2.09. The zero-order valence-corrected chi connectivity index (χ0v) is 11.1. The zero-order chi connectivity index (χ0) is 13.0. The molecule has 0 saturated carbocycles. The second-order valence-electron chi connectivity index (χ2n) is 5.62. The lowest BCUT2D eigenvalue weighted by Gasteiger charge is -2.19. The van der Waals surface area contributed by atoms with E-state index in [1.54, 1.807) is 0 Å². The zero-order valence-electron chi connectivity index (χ0n) is 11.1. The molecule has 18 heavy (non-hydrogen) atoms. The molecule has 0 bridgehead atoms. The van der Waals surface area contributed by atoms with Gasteiger partial charge in [-0.3, -0.25) is 0 Å². The van der Waals surface area contributed by atoms with Crippen LogP contribution in [0.2, 0.25) is 0 Å². The number of aromatic nitrogens is 4. The van der Waals surface area contributed by atoms with E-state index in [1.165, 1.54) is 5.56 Å². The predicted molar refractivity (Wildman–Crippen MR) is 71.4 cm³/mol. The summed E-state index contributed by atoms with van der Waals surface area (Å²) in [6.45, 7) is 7.59. The fraction of sp³-hybridized carbons (Fsp3) is 0.462. The molecule has 2 rings (SSSR count). The van der Waals surface area contributed by atoms with Crippen LogP contribution in [0, 0.1) is 5.41 Å². The molecule has 5 nitrogen and oxygen atoms in total. The van der Waals surface area contributed by atoms with Crippen LogP contribution in [0.1, 0.15) is 32.2 Å². The molecule has 0 radical (unpaired) electrons. The van der Waals surface area contributed by atoms with E-state index in [2.05, 4.69) is 71.0 Å². The molecule has 5 heteroatoms. The van der Waals surface area contributed by atoms with Crippen LogP contribution in [0.3, 0.4) is 0 Å². The topological polar surface area (TPSA) is 66.5 Å². The molecule has 0 saturated heterocycles. The van der Waals surface area contributed by atoms with Crippen molar-refractivity contribution >= 4 is 5.69 Å². The van der Waals surface area contributed by atoms with Crippen LogP contribution in [0.15, 0.2) is 24.3 Å². The van der Waals surface area contributed by atoms with E-state index in [-0.39, 0.29) is 5.41 Å². The van der Waals surface area contributed by atoms with Gasteiger partial charge >= 0.3 is 0 Å². The fourth-order valence-corrected chi connectivity index (χ4v) is 1.55. The first kappa shape index (κ1) is 12.5. The summed E-state index contributed by atoms with van der Waals surface area (Å²) >= 11 is 0. The number of H-pyrrole nitrogens is 1. The Hall–Kier alpha value is -1.91. The molecule has 0 amide bonds. The van der Waals surface area contributed by atoms with Crippen LogP contribution >= 0.6 is 0 Å². The second kappa shape index (κ2) is 5.16. The number of benzene rings is 1. The van der Waals surface area contributed by atoms with Crippen molar-refractivity contribution in [1.82, 2.24) is 20.6 Å². The molecule has 0 aliphatic rings. The molecule has 0 unspecified atom stereocenters. The third kappa shape index (κ3) is 3.84. The number of hydrogen-bond acceptors (Lipinski definition) is 4. The quantitative estimate of drug-likeness (QED) is 0.867. The van der Waals surface area contributed by atoms with Crippen LogP contribution in [0.25, 0.3) is 0 Å². The highest BCUT2D eigenvalue weighted by molar-refractivity contribution is 5.45. The number of nitrogens with zero attached hydrogens (tertiary/aromatic N) is 3. The summed E-state index contributed by atoms with van der Waals surface area (Å²) in [5.41, 5.74) is 2.60. The second-order valence-corrected chi connectivity index (χ2v) is 5.62. The number of tetrazole rings is 1. The number of aromatic amines is 1. The Kier molecular flexibility index (Phi) is 3.60. The van der Waals surface area contributed by atoms with Crippen molar-refractivity contribution in [1.29, 1.82) is 0 Å². The van der Waals surface area contributed by atoms with Gasteiger partial charge in [0.1, 0.15) is 0 Å². The van der Waals surface area contributed by atoms with Crippen LogP contribution in [-0.2, 0) is 6.42 Å². The number of rotatable bonds is 4. The maximum atomic E-state index is 3.94. The number of anilines is 1. The maximum absolute atomic E-state index is 3.94. The van der Waals surface area contributed by atoms with Crippen molar-refractivity contribution in [2.45, 2.75) is 27.2 Å². The van der Waals surface area contributed by atoms with Gasteiger partial charge < -0.3 is 5.32 Å². The van der Waals surface area contributed by atoms with Crippen molar-refractivity contribution in [3.63, 3.8) is 0 Å². The minimum atomic E-state index is 0.281. The van der Waals surface area contributed by atoms with E-state index < -0.39 is 0 Å². The summed E-state index contributed by atoms with van der Waals surface area (Å²) in [5.74, 6) is 0.713. The predicted octanol–water partition coefficient (Wildman–Crippen LogP) is 2.25. The molecular weight excluding hydrogens is 226 g/mol. The summed E-state index contributed by atoms with van der Waals surface area (Å²) in [5, 5.41) is 17.3. The monoisotopic (exact) mass is 245 g/mol. The molecule has 1 aromatic carbocycles. The molecule has 0 aliphatic heterocycles. The molecular formula is C13H19N5. The highest BCUT2D eigenvalue weighted by Crippen LogP contribution is 2.16. The van der Waals surface area contributed by atoms with E-state index >= 15 is 0 Å². The molecule has 2 aromatic rings. The standard InChI is InChI=1S/C13H19N5/c1-13(2,3)9-14-11-6-4-10(5-7-11)8-12-15-17-18-16-12/h4-7,14H,8-9H2,1-3H3,(H,15,16,17,18). The SMILES string of the molecule is CC(C)(C)CNc1ccc(Cc2nn[nH]n2)cc1. The smallest absolute Gasteiger partial charge is 0.178 e. The molecule has 2 N–H and O–H groups in total. The first-order valence-corrected chi connectivity index (χ1v) is 6.08. The minimum absolute atomic E-state index is 0.281. The Balaban J connectivity index is 1.93. The third-order valence-electron chi connectivity index (χ3n) is 2.53. The molecule has 0 aliphatic carbocycles. The molecule has 1 aromatic heterocycles. The summed E-state index contributed by atoms with van der Waals surface area (Å²) in [6.07, 6.45) is 0.704. The van der Waals surface area contributed by atoms with E-state index in [0.29, 0.717) is 12.2 Å². The van der Waals surface area contributed by atoms with Crippen molar-refractivity contribution in [2.75, 3.05) is 11.9 Å². The van der Waals surface area contributed by atoms with Gasteiger partial charge in [0.2, 0.25) is 0 Å². The van der Waals surface area contributed by atoms with Gasteiger partial charge in [0.15, 0.2) is 5.82 Å². The number of hydrogen-bond donors (Lipinski definition) is 2. The average Bonchev–Trinajstić information content (AvgIpc) is 2.80. The van der Waals surface area contributed by atoms with E-state index in [4.69, 9.17) is 0 Å². The van der Waals surface area contributed by atoms with Crippen molar-refractivity contribution in [2.24, 2.45) is 5.41 Å². The van der Waals surface area contributed by atoms with Gasteiger partial charge in [-0.15, -0.1) is 10.2 Å². The third-order valence-corrected chi connectivity index (χ3v) is 2.53. The normalized spacial score (nSPS) is 11.5. The molecule has 0 fully saturated rings. The van der Waals surface area contributed by atoms with Gasteiger partial charge in [0, 0.05) is 18.7 Å².